The molecule has 0 spiro atoms. The van der Waals surface area contributed by atoms with Crippen LogP contribution < -0.4 is 5.73 Å². The van der Waals surface area contributed by atoms with E-state index in [4.69, 9.17) is 25.4 Å². The fraction of sp³-hybridized carbons (Fsp3) is 0.543. The fourth-order valence-electron chi connectivity index (χ4n) is 7.02. The molecule has 4 heterocycles. The predicted molar refractivity (Wildman–Crippen MR) is 176 cm³/mol. The lowest BCUT2D eigenvalue weighted by Crippen LogP contribution is -2.37. The molecule has 1 aromatic heterocycles. The van der Waals surface area contributed by atoms with E-state index in [9.17, 15) is 0 Å². The van der Waals surface area contributed by atoms with Crippen molar-refractivity contribution in [1.29, 1.82) is 0 Å². The summed E-state index contributed by atoms with van der Waals surface area (Å²) in [4.78, 5) is 24.0. The van der Waals surface area contributed by atoms with Gasteiger partial charge in [0.25, 0.3) is 0 Å². The molecule has 0 radical (unpaired) electrons. The van der Waals surface area contributed by atoms with Crippen LogP contribution in [0.25, 0.3) is 0 Å². The van der Waals surface area contributed by atoms with Gasteiger partial charge < -0.3 is 10.5 Å². The average molecular weight is 582 g/mol. The number of fused-ring (bicyclic) bond motifs is 1. The second kappa shape index (κ2) is 15.0. The Labute approximate surface area is 256 Å². The Morgan fingerprint density at radius 2 is 1.79 bits per heavy atom. The number of ether oxygens (including phenoxy) is 1. The van der Waals surface area contributed by atoms with Crippen molar-refractivity contribution in [2.75, 3.05) is 59.0 Å². The summed E-state index contributed by atoms with van der Waals surface area (Å²) in [5, 5.41) is 0. The van der Waals surface area contributed by atoms with E-state index in [0.29, 0.717) is 30.2 Å². The number of hydrogen-bond acceptors (Lipinski definition) is 8. The Kier molecular flexibility index (Phi) is 10.4. The number of nitrogens with zero attached hydrogens (tertiary/aromatic N) is 6. The minimum Gasteiger partial charge on any atom is -0.498 e. The zero-order chi connectivity index (χ0) is 29.3. The molecule has 6 rings (SSSR count). The summed E-state index contributed by atoms with van der Waals surface area (Å²) in [7, 11) is 0. The molecule has 2 N–H and O–H groups in total. The lowest BCUT2D eigenvalue weighted by Gasteiger charge is -2.27. The van der Waals surface area contributed by atoms with Crippen LogP contribution in [0.2, 0.25) is 0 Å². The Bertz CT molecular complexity index is 1290. The molecule has 0 amide bonds. The van der Waals surface area contributed by atoms with E-state index in [1.54, 1.807) is 0 Å². The molecule has 4 unspecified atom stereocenters. The first-order valence-corrected chi connectivity index (χ1v) is 16.3. The first-order chi connectivity index (χ1) is 21.3. The molecule has 0 aromatic carbocycles. The molecule has 5 aliphatic rings. The zero-order valence-electron chi connectivity index (χ0n) is 25.4. The van der Waals surface area contributed by atoms with Crippen LogP contribution in [0.5, 0.6) is 0 Å². The molecule has 228 valence electrons. The van der Waals surface area contributed by atoms with E-state index in [-0.39, 0.29) is 0 Å². The maximum absolute atomic E-state index is 6.49. The maximum Gasteiger partial charge on any atom is 0.0960 e. The Hall–Kier alpha value is -3.20. The third kappa shape index (κ3) is 8.25. The topological polar surface area (TPSA) is 91.7 Å². The quantitative estimate of drug-likeness (QED) is 0.274. The molecule has 4 atom stereocenters. The van der Waals surface area contributed by atoms with Gasteiger partial charge in [0.1, 0.15) is 0 Å². The number of allylic oxidation sites excluding steroid dienone is 2. The van der Waals surface area contributed by atoms with Gasteiger partial charge in [-0.15, -0.1) is 0 Å². The van der Waals surface area contributed by atoms with Crippen LogP contribution in [0.3, 0.4) is 0 Å². The van der Waals surface area contributed by atoms with Crippen LogP contribution in [-0.2, 0) is 11.3 Å². The van der Waals surface area contributed by atoms with Gasteiger partial charge in [-0.25, -0.2) is 0 Å². The smallest absolute Gasteiger partial charge is 0.0960 e. The van der Waals surface area contributed by atoms with Gasteiger partial charge in [-0.05, 0) is 86.8 Å². The highest BCUT2D eigenvalue weighted by Crippen LogP contribution is 2.61. The van der Waals surface area contributed by atoms with Gasteiger partial charge in [0.2, 0.25) is 0 Å². The van der Waals surface area contributed by atoms with Gasteiger partial charge >= 0.3 is 0 Å². The highest BCUT2D eigenvalue weighted by atomic mass is 16.5. The molecule has 43 heavy (non-hydrogen) atoms. The third-order valence-electron chi connectivity index (χ3n) is 9.07. The number of aromatic nitrogens is 1. The summed E-state index contributed by atoms with van der Waals surface area (Å²) in [6.07, 6.45) is 22.7. The fourth-order valence-corrected chi connectivity index (χ4v) is 7.02. The number of nitrogens with two attached hydrogens (primary N) is 1. The molecule has 8 nitrogen and oxygen atoms in total. The summed E-state index contributed by atoms with van der Waals surface area (Å²) in [6.45, 7) is 8.57. The van der Waals surface area contributed by atoms with E-state index in [1.165, 1.54) is 22.9 Å². The van der Waals surface area contributed by atoms with Crippen LogP contribution in [0.4, 0.5) is 0 Å². The van der Waals surface area contributed by atoms with Crippen LogP contribution in [0, 0.1) is 23.7 Å². The summed E-state index contributed by atoms with van der Waals surface area (Å²) in [6, 6.07) is 6.20. The van der Waals surface area contributed by atoms with Gasteiger partial charge in [-0.2, -0.15) is 0 Å². The van der Waals surface area contributed by atoms with Crippen molar-refractivity contribution in [3.05, 3.63) is 78.0 Å². The van der Waals surface area contributed by atoms with Gasteiger partial charge in [0, 0.05) is 75.6 Å². The number of pyridine rings is 1. The van der Waals surface area contributed by atoms with E-state index < -0.39 is 0 Å². The van der Waals surface area contributed by atoms with Crippen LogP contribution >= 0.6 is 0 Å². The normalized spacial score (nSPS) is 25.6. The first-order valence-electron chi connectivity index (χ1n) is 16.3. The van der Waals surface area contributed by atoms with Gasteiger partial charge in [0.15, 0.2) is 0 Å². The Morgan fingerprint density at radius 3 is 2.53 bits per heavy atom. The summed E-state index contributed by atoms with van der Waals surface area (Å²) < 4.78 is 6.49. The molecule has 1 fully saturated rings. The van der Waals surface area contributed by atoms with Crippen molar-refractivity contribution in [3.63, 3.8) is 0 Å². The van der Waals surface area contributed by atoms with Crippen molar-refractivity contribution >= 4 is 17.6 Å². The number of hydrogen-bond donors (Lipinski definition) is 1. The Morgan fingerprint density at radius 1 is 0.907 bits per heavy atom. The van der Waals surface area contributed by atoms with E-state index in [1.807, 2.05) is 12.3 Å². The summed E-state index contributed by atoms with van der Waals surface area (Å²) in [5.74, 6) is 3.29. The standard InChI is InChI=1S/C35H47N7O/c36-14-4-8-19-43-33-20-27(21-41(22-28-10-1-5-15-37-28)23-29-11-2-6-16-38-29)34-32(35(33)34)26-42(25-31-13-9-18-40-31)24-30-12-3-7-17-39-30/h1,3,5,9-13,15-16,20,27,32,34-35H,2,4,6-8,14,17-19,21-26,36H2. The minimum absolute atomic E-state index is 0.439. The van der Waals surface area contributed by atoms with Crippen molar-refractivity contribution in [2.24, 2.45) is 44.4 Å². The van der Waals surface area contributed by atoms with Crippen LogP contribution in [0.15, 0.2) is 87.3 Å². The second-order valence-electron chi connectivity index (χ2n) is 12.4. The minimum atomic E-state index is 0.439. The zero-order valence-corrected chi connectivity index (χ0v) is 25.4. The first kappa shape index (κ1) is 29.9. The predicted octanol–water partition coefficient (Wildman–Crippen LogP) is 4.48. The molecule has 0 bridgehead atoms. The highest BCUT2D eigenvalue weighted by molar-refractivity contribution is 6.00. The molecular formula is C35H47N7O. The number of unbranched alkanes of at least 4 members (excludes halogenated alkanes) is 1. The van der Waals surface area contributed by atoms with Crippen LogP contribution in [0.1, 0.15) is 37.8 Å². The molecule has 1 saturated carbocycles. The summed E-state index contributed by atoms with van der Waals surface area (Å²) in [5.41, 5.74) is 10.4. The number of rotatable bonds is 17. The van der Waals surface area contributed by atoms with Gasteiger partial charge in [-0.3, -0.25) is 29.8 Å². The molecule has 1 aromatic rings. The maximum atomic E-state index is 6.49. The van der Waals surface area contributed by atoms with Gasteiger partial charge in [-0.1, -0.05) is 24.3 Å². The third-order valence-corrected chi connectivity index (χ3v) is 9.07. The lowest BCUT2D eigenvalue weighted by atomic mass is 10.0. The molecular weight excluding hydrogens is 534 g/mol. The number of aliphatic imine (C=N–C) groups is 3. The number of dihydropyridines is 1. The average Bonchev–Trinajstić information content (AvgIpc) is 3.31. The monoisotopic (exact) mass is 581 g/mol. The SMILES string of the molecule is NCCCCOC1=CC(CN(CC2=CCCC=N2)Cc2ccccn2)C2C(CN(CC3=NCC=C3)CC3=NCCC=C3)C12. The van der Waals surface area contributed by atoms with Crippen molar-refractivity contribution in [3.8, 4) is 0 Å². The molecule has 8 heteroatoms. The summed E-state index contributed by atoms with van der Waals surface area (Å²) >= 11 is 0. The van der Waals surface area contributed by atoms with E-state index in [0.717, 1.165) is 96.8 Å². The van der Waals surface area contributed by atoms with Crippen molar-refractivity contribution < 1.29 is 4.74 Å². The van der Waals surface area contributed by atoms with Gasteiger partial charge in [0.05, 0.1) is 30.3 Å². The largest absolute Gasteiger partial charge is 0.498 e. The van der Waals surface area contributed by atoms with Crippen molar-refractivity contribution in [2.45, 2.75) is 38.6 Å². The lowest BCUT2D eigenvalue weighted by molar-refractivity contribution is 0.186. The van der Waals surface area contributed by atoms with E-state index >= 15 is 0 Å². The van der Waals surface area contributed by atoms with Crippen molar-refractivity contribution in [1.82, 2.24) is 14.8 Å². The molecule has 3 aliphatic heterocycles. The van der Waals surface area contributed by atoms with E-state index in [2.05, 4.69) is 69.6 Å². The Balaban J connectivity index is 1.18. The molecule has 0 saturated heterocycles. The highest BCUT2D eigenvalue weighted by Gasteiger charge is 2.60. The van der Waals surface area contributed by atoms with Crippen LogP contribution in [-0.4, -0.2) is 91.4 Å². The molecule has 2 aliphatic carbocycles. The second-order valence-corrected chi connectivity index (χ2v) is 12.4.